The molecule has 0 bridgehead atoms. The average molecular weight is 561 g/mol. The van der Waals surface area contributed by atoms with Crippen LogP contribution in [0, 0.1) is 0 Å². The Balaban J connectivity index is 1.54. The van der Waals surface area contributed by atoms with E-state index in [0.717, 1.165) is 27.6 Å². The van der Waals surface area contributed by atoms with Crippen LogP contribution in [0.15, 0.2) is 27.9 Å². The van der Waals surface area contributed by atoms with Crippen LogP contribution in [-0.2, 0) is 19.2 Å². The second-order valence-electron chi connectivity index (χ2n) is 6.69. The molecule has 16 heteroatoms. The molecule has 4 N–H and O–H groups in total. The molecule has 2 aliphatic heterocycles. The number of carboxylic acids is 1. The van der Waals surface area contributed by atoms with E-state index >= 15 is 0 Å². The van der Waals surface area contributed by atoms with Crippen molar-refractivity contribution in [2.75, 3.05) is 18.6 Å². The van der Waals surface area contributed by atoms with Crippen molar-refractivity contribution >= 4 is 92.3 Å². The van der Waals surface area contributed by atoms with Crippen molar-refractivity contribution in [1.82, 2.24) is 20.2 Å². The second-order valence-corrected chi connectivity index (χ2v) is 10.7. The number of carbonyl (C=O) groups is 3. The molecule has 2 aromatic heterocycles. The fourth-order valence-electron chi connectivity index (χ4n) is 3.24. The zero-order valence-electron chi connectivity index (χ0n) is 17.0. The fraction of sp³-hybridized carbons (Fsp3) is 0.222. The van der Waals surface area contributed by atoms with Gasteiger partial charge in [0.15, 0.2) is 15.3 Å². The summed E-state index contributed by atoms with van der Waals surface area (Å²) in [6.07, 6.45) is 3.17. The number of rotatable bonds is 7. The zero-order chi connectivity index (χ0) is 24.6. The number of thiazole rings is 2. The summed E-state index contributed by atoms with van der Waals surface area (Å²) < 4.78 is 0.253. The minimum absolute atomic E-state index is 0.153. The number of carbonyl (C=O) groups excluding carboxylic acids is 2. The lowest BCUT2D eigenvalue weighted by Crippen LogP contribution is -2.71. The van der Waals surface area contributed by atoms with Gasteiger partial charge in [-0.05, 0) is 11.6 Å². The summed E-state index contributed by atoms with van der Waals surface area (Å²) in [4.78, 5) is 52.0. The summed E-state index contributed by atoms with van der Waals surface area (Å²) in [6, 6.07) is -0.954. The first-order valence-electron chi connectivity index (χ1n) is 9.25. The SMILES string of the molecule is CO/N=C(/C(=O)NC1C(=O)N2C(C(=O)O)=C(/C=C/c3sc(Cl)nc3Cl)CS[C@H]12)c1csc(N)n1. The number of nitrogens with zero attached hydrogens (tertiary/aromatic N) is 4. The summed E-state index contributed by atoms with van der Waals surface area (Å²) in [6.45, 7) is 0. The summed E-state index contributed by atoms with van der Waals surface area (Å²) in [5, 5.41) is 17.4. The van der Waals surface area contributed by atoms with E-state index in [1.54, 1.807) is 12.2 Å². The smallest absolute Gasteiger partial charge is 0.352 e. The van der Waals surface area contributed by atoms with Crippen molar-refractivity contribution in [3.8, 4) is 0 Å². The van der Waals surface area contributed by atoms with Gasteiger partial charge in [-0.15, -0.1) is 34.4 Å². The van der Waals surface area contributed by atoms with Gasteiger partial charge in [-0.2, -0.15) is 0 Å². The first kappa shape index (κ1) is 24.5. The minimum Gasteiger partial charge on any atom is -0.477 e. The third kappa shape index (κ3) is 4.63. The van der Waals surface area contributed by atoms with Crippen molar-refractivity contribution in [1.29, 1.82) is 0 Å². The maximum absolute atomic E-state index is 12.9. The number of β-lactam (4-membered cyclic amide) rings is 1. The Hall–Kier alpha value is -2.65. The number of fused-ring (bicyclic) bond motifs is 1. The Morgan fingerprint density at radius 1 is 1.38 bits per heavy atom. The predicted molar refractivity (Wildman–Crippen MR) is 131 cm³/mol. The van der Waals surface area contributed by atoms with Gasteiger partial charge < -0.3 is 21.0 Å². The molecule has 1 unspecified atom stereocenters. The molecule has 1 fully saturated rings. The number of amides is 2. The van der Waals surface area contributed by atoms with Crippen molar-refractivity contribution in [3.05, 3.63) is 42.9 Å². The molecule has 2 amide bonds. The van der Waals surface area contributed by atoms with Crippen LogP contribution in [0.2, 0.25) is 9.62 Å². The predicted octanol–water partition coefficient (Wildman–Crippen LogP) is 2.29. The first-order valence-corrected chi connectivity index (χ1v) is 12.8. The van der Waals surface area contributed by atoms with Crippen LogP contribution in [0.25, 0.3) is 6.08 Å². The number of nitrogens with one attached hydrogen (secondary N) is 1. The quantitative estimate of drug-likeness (QED) is 0.262. The Morgan fingerprint density at radius 2 is 2.15 bits per heavy atom. The van der Waals surface area contributed by atoms with Gasteiger partial charge in [0.05, 0.1) is 4.88 Å². The van der Waals surface area contributed by atoms with Crippen molar-refractivity contribution in [2.24, 2.45) is 5.16 Å². The van der Waals surface area contributed by atoms with Crippen molar-refractivity contribution in [3.63, 3.8) is 0 Å². The Kier molecular flexibility index (Phi) is 7.14. The molecule has 1 saturated heterocycles. The molecule has 4 heterocycles. The maximum atomic E-state index is 12.9. The van der Waals surface area contributed by atoms with Crippen LogP contribution in [0.1, 0.15) is 10.6 Å². The Labute approximate surface area is 214 Å². The lowest BCUT2D eigenvalue weighted by Gasteiger charge is -2.49. The number of aliphatic carboxylic acids is 1. The number of oxime groups is 1. The van der Waals surface area contributed by atoms with Crippen molar-refractivity contribution in [2.45, 2.75) is 11.4 Å². The molecule has 0 aromatic carbocycles. The van der Waals surface area contributed by atoms with Gasteiger partial charge in [0.25, 0.3) is 11.8 Å². The summed E-state index contributed by atoms with van der Waals surface area (Å²) in [7, 11) is 1.27. The molecule has 2 atom stereocenters. The van der Waals surface area contributed by atoms with Gasteiger partial charge in [0, 0.05) is 11.1 Å². The molecule has 0 radical (unpaired) electrons. The van der Waals surface area contributed by atoms with E-state index in [0.29, 0.717) is 10.5 Å². The highest BCUT2D eigenvalue weighted by atomic mass is 35.5. The van der Waals surface area contributed by atoms with E-state index in [9.17, 15) is 19.5 Å². The van der Waals surface area contributed by atoms with E-state index in [1.165, 1.54) is 24.3 Å². The van der Waals surface area contributed by atoms with E-state index in [1.807, 2.05) is 0 Å². The van der Waals surface area contributed by atoms with Crippen molar-refractivity contribution < 1.29 is 24.3 Å². The molecule has 0 saturated carbocycles. The van der Waals surface area contributed by atoms with Gasteiger partial charge >= 0.3 is 5.97 Å². The van der Waals surface area contributed by atoms with Gasteiger partial charge in [0.2, 0.25) is 0 Å². The Bertz CT molecular complexity index is 1270. The van der Waals surface area contributed by atoms with Crippen LogP contribution in [0.3, 0.4) is 0 Å². The standard InChI is InChI=1S/C18H14Cl2N6O5S3/c1-31-25-9(7-5-33-18(21)22-7)13(27)23-10-14(28)26-11(16(29)30)6(4-32-15(10)26)2-3-8-12(19)24-17(20)34-8/h2-3,5,10,15H,4H2,1H3,(H2,21,22)(H,23,27)(H,29,30)/b3-2+,25-9+/t10?,15-/m1/s1. The summed E-state index contributed by atoms with van der Waals surface area (Å²) in [5.41, 5.74) is 5.91. The van der Waals surface area contributed by atoms with Crippen LogP contribution >= 0.6 is 57.6 Å². The van der Waals surface area contributed by atoms with E-state index < -0.39 is 29.2 Å². The van der Waals surface area contributed by atoms with Gasteiger partial charge in [-0.3, -0.25) is 14.5 Å². The Morgan fingerprint density at radius 3 is 2.74 bits per heavy atom. The maximum Gasteiger partial charge on any atom is 0.352 e. The molecule has 34 heavy (non-hydrogen) atoms. The number of anilines is 1. The number of aromatic nitrogens is 2. The topological polar surface area (TPSA) is 160 Å². The largest absolute Gasteiger partial charge is 0.477 e. The highest BCUT2D eigenvalue weighted by Gasteiger charge is 2.54. The molecule has 11 nitrogen and oxygen atoms in total. The van der Waals surface area contributed by atoms with Gasteiger partial charge in [-0.1, -0.05) is 34.4 Å². The summed E-state index contributed by atoms with van der Waals surface area (Å²) in [5.74, 6) is -2.25. The number of thioether (sulfide) groups is 1. The molecular formula is C18H14Cl2N6O5S3. The number of halogens is 2. The monoisotopic (exact) mass is 560 g/mol. The number of hydrogen-bond acceptors (Lipinski definition) is 11. The molecule has 4 rings (SSSR count). The molecular weight excluding hydrogens is 547 g/mol. The van der Waals surface area contributed by atoms with Crippen LogP contribution in [0.4, 0.5) is 5.13 Å². The van der Waals surface area contributed by atoms with Gasteiger partial charge in [-0.25, -0.2) is 14.8 Å². The molecule has 2 aliphatic rings. The first-order chi connectivity index (χ1) is 16.2. The zero-order valence-corrected chi connectivity index (χ0v) is 21.0. The molecule has 178 valence electrons. The van der Waals surface area contributed by atoms with Gasteiger partial charge in [0.1, 0.15) is 35.1 Å². The highest BCUT2D eigenvalue weighted by molar-refractivity contribution is 8.00. The number of allylic oxidation sites excluding steroid dienone is 1. The van der Waals surface area contributed by atoms with E-state index in [-0.39, 0.29) is 37.6 Å². The van der Waals surface area contributed by atoms with Crippen LogP contribution in [-0.4, -0.2) is 67.7 Å². The number of hydrogen-bond donors (Lipinski definition) is 3. The van der Waals surface area contributed by atoms with E-state index in [2.05, 4.69) is 20.4 Å². The van der Waals surface area contributed by atoms with E-state index in [4.69, 9.17) is 33.8 Å². The number of nitrogen functional groups attached to an aromatic ring is 1. The number of nitrogens with two attached hydrogens (primary N) is 1. The fourth-order valence-corrected chi connectivity index (χ4v) is 6.38. The number of carboxylic acid groups (broad SMARTS) is 1. The lowest BCUT2D eigenvalue weighted by atomic mass is 10.0. The molecule has 0 spiro atoms. The molecule has 0 aliphatic carbocycles. The highest BCUT2D eigenvalue weighted by Crippen LogP contribution is 2.41. The third-order valence-electron chi connectivity index (χ3n) is 4.67. The molecule has 2 aromatic rings. The summed E-state index contributed by atoms with van der Waals surface area (Å²) >= 11 is 15.4. The van der Waals surface area contributed by atoms with Crippen LogP contribution < -0.4 is 11.1 Å². The van der Waals surface area contributed by atoms with Crippen LogP contribution in [0.5, 0.6) is 0 Å². The average Bonchev–Trinajstić information content (AvgIpc) is 3.36. The second kappa shape index (κ2) is 9.92. The third-order valence-corrected chi connectivity index (χ3v) is 8.17. The lowest BCUT2D eigenvalue weighted by molar-refractivity contribution is -0.150. The normalized spacial score (nSPS) is 20.4. The minimum atomic E-state index is -1.27.